The molecule has 0 rings (SSSR count). The first-order valence-corrected chi connectivity index (χ1v) is 8.05. The van der Waals surface area contributed by atoms with Crippen molar-refractivity contribution in [1.82, 2.24) is 0 Å². The highest BCUT2D eigenvalue weighted by Crippen LogP contribution is 2.36. The molecule has 26 heavy (non-hydrogen) atoms. The quantitative estimate of drug-likeness (QED) is 0.196. The number of rotatable bonds is 14. The molecule has 0 fully saturated rings. The van der Waals surface area contributed by atoms with Crippen LogP contribution in [0.3, 0.4) is 0 Å². The fourth-order valence-electron chi connectivity index (χ4n) is 2.71. The Hall–Kier alpha value is -2.65. The molecule has 0 radical (unpaired) electrons. The summed E-state index contributed by atoms with van der Waals surface area (Å²) in [4.78, 5) is 56.5. The summed E-state index contributed by atoms with van der Waals surface area (Å²) in [5.74, 6) is -7.42. The van der Waals surface area contributed by atoms with E-state index in [4.69, 9.17) is 10.2 Å². The van der Waals surface area contributed by atoms with Gasteiger partial charge >= 0.3 is 29.8 Å². The van der Waals surface area contributed by atoms with E-state index in [-0.39, 0.29) is 44.9 Å². The molecule has 2 atom stereocenters. The number of carbonyl (C=O) groups is 5. The molecule has 4 N–H and O–H groups in total. The van der Waals surface area contributed by atoms with Crippen LogP contribution in [0.2, 0.25) is 0 Å². The summed E-state index contributed by atoms with van der Waals surface area (Å²) in [7, 11) is 0.972. The van der Waals surface area contributed by atoms with Crippen LogP contribution in [0.4, 0.5) is 0 Å². The Balaban J connectivity index is 5.31. The van der Waals surface area contributed by atoms with Gasteiger partial charge in [0.2, 0.25) is 0 Å². The van der Waals surface area contributed by atoms with E-state index in [1.165, 1.54) is 0 Å². The average Bonchev–Trinajstić information content (AvgIpc) is 2.54. The first kappa shape index (κ1) is 23.4. The summed E-state index contributed by atoms with van der Waals surface area (Å²) in [5, 5.41) is 36.2. The Morgan fingerprint density at radius 2 is 1.42 bits per heavy atom. The number of hydrogen-bond donors (Lipinski definition) is 4. The summed E-state index contributed by atoms with van der Waals surface area (Å²) in [6.45, 7) is 0. The molecule has 0 saturated carbocycles. The minimum Gasteiger partial charge on any atom is -0.481 e. The summed E-state index contributed by atoms with van der Waals surface area (Å²) in [5.41, 5.74) is -2.17. The topological polar surface area (TPSA) is 176 Å². The number of carbonyl (C=O) groups excluding carboxylic acids is 1. The Labute approximate surface area is 149 Å². The van der Waals surface area contributed by atoms with Crippen LogP contribution in [0.1, 0.15) is 51.4 Å². The predicted octanol–water partition coefficient (Wildman–Crippen LogP) is 1.22. The van der Waals surface area contributed by atoms with Crippen molar-refractivity contribution >= 4 is 29.8 Å². The number of aliphatic carboxylic acids is 4. The largest absolute Gasteiger partial charge is 0.481 e. The number of esters is 1. The monoisotopic (exact) mass is 376 g/mol. The highest BCUT2D eigenvalue weighted by molar-refractivity contribution is 5.99. The van der Waals surface area contributed by atoms with Gasteiger partial charge in [-0.2, -0.15) is 0 Å². The van der Waals surface area contributed by atoms with Gasteiger partial charge < -0.3 is 25.2 Å². The van der Waals surface area contributed by atoms with Crippen LogP contribution in [0, 0.1) is 11.3 Å². The number of carboxylic acids is 4. The molecule has 0 aromatic carbocycles. The van der Waals surface area contributed by atoms with Gasteiger partial charge in [-0.25, -0.2) is 0 Å². The zero-order valence-corrected chi connectivity index (χ0v) is 14.5. The van der Waals surface area contributed by atoms with Crippen LogP contribution in [-0.4, -0.2) is 57.4 Å². The van der Waals surface area contributed by atoms with E-state index in [1.807, 2.05) is 0 Å². The number of ether oxygens (including phenoxy) is 1. The SMILES string of the molecule is COC(=O)C(CCCC(=O)O)(CC(CCCCC(=O)O)C(=O)O)C(=O)O. The van der Waals surface area contributed by atoms with Crippen LogP contribution < -0.4 is 0 Å². The minimum atomic E-state index is -2.17. The van der Waals surface area contributed by atoms with E-state index < -0.39 is 47.6 Å². The number of methoxy groups -OCH3 is 1. The van der Waals surface area contributed by atoms with Crippen molar-refractivity contribution in [3.05, 3.63) is 0 Å². The third-order valence-corrected chi connectivity index (χ3v) is 4.12. The van der Waals surface area contributed by atoms with Gasteiger partial charge in [-0.1, -0.05) is 6.42 Å². The second-order valence-corrected chi connectivity index (χ2v) is 6.00. The maximum atomic E-state index is 12.1. The average molecular weight is 376 g/mol. The molecule has 0 aliphatic heterocycles. The van der Waals surface area contributed by atoms with Crippen molar-refractivity contribution in [3.8, 4) is 0 Å². The second-order valence-electron chi connectivity index (χ2n) is 6.00. The summed E-state index contributed by atoms with van der Waals surface area (Å²) >= 11 is 0. The summed E-state index contributed by atoms with van der Waals surface area (Å²) in [6.07, 6.45) is -1.15. The van der Waals surface area contributed by atoms with Crippen molar-refractivity contribution in [2.45, 2.75) is 51.4 Å². The molecular weight excluding hydrogens is 352 g/mol. The predicted molar refractivity (Wildman–Crippen MR) is 85.4 cm³/mol. The second kappa shape index (κ2) is 11.1. The van der Waals surface area contributed by atoms with Crippen molar-refractivity contribution < 1.29 is 49.1 Å². The van der Waals surface area contributed by atoms with Crippen molar-refractivity contribution in [2.24, 2.45) is 11.3 Å². The van der Waals surface area contributed by atoms with E-state index >= 15 is 0 Å². The smallest absolute Gasteiger partial charge is 0.323 e. The molecule has 0 heterocycles. The molecule has 2 unspecified atom stereocenters. The summed E-state index contributed by atoms with van der Waals surface area (Å²) in [6, 6.07) is 0. The molecule has 0 amide bonds. The lowest BCUT2D eigenvalue weighted by Crippen LogP contribution is -2.43. The van der Waals surface area contributed by atoms with Crippen LogP contribution in [-0.2, 0) is 28.7 Å². The maximum Gasteiger partial charge on any atom is 0.323 e. The lowest BCUT2D eigenvalue weighted by Gasteiger charge is -2.29. The molecule has 10 nitrogen and oxygen atoms in total. The van der Waals surface area contributed by atoms with Gasteiger partial charge in [-0.05, 0) is 32.1 Å². The van der Waals surface area contributed by atoms with Gasteiger partial charge in [0.05, 0.1) is 13.0 Å². The molecule has 0 aliphatic rings. The van der Waals surface area contributed by atoms with Crippen LogP contribution in [0.25, 0.3) is 0 Å². The number of carboxylic acid groups (broad SMARTS) is 4. The maximum absolute atomic E-state index is 12.1. The molecule has 0 saturated heterocycles. The van der Waals surface area contributed by atoms with E-state index in [0.29, 0.717) is 0 Å². The van der Waals surface area contributed by atoms with Gasteiger partial charge in [0.25, 0.3) is 0 Å². The Morgan fingerprint density at radius 1 is 0.885 bits per heavy atom. The minimum absolute atomic E-state index is 0.00638. The Kier molecular flexibility index (Phi) is 9.93. The third-order valence-electron chi connectivity index (χ3n) is 4.12. The molecular formula is C16H24O10. The third kappa shape index (κ3) is 7.49. The van der Waals surface area contributed by atoms with E-state index in [9.17, 15) is 34.2 Å². The standard InChI is InChI=1S/C16H24O10/c1-26-15(25)16(14(23)24,8-4-7-12(19)20)9-10(13(21)22)5-2-3-6-11(17)18/h10H,2-9H2,1H3,(H,17,18)(H,19,20)(H,21,22)(H,23,24). The highest BCUT2D eigenvalue weighted by atomic mass is 16.5. The van der Waals surface area contributed by atoms with Crippen LogP contribution >= 0.6 is 0 Å². The van der Waals surface area contributed by atoms with Gasteiger partial charge in [0, 0.05) is 12.8 Å². The zero-order chi connectivity index (χ0) is 20.3. The molecule has 0 aliphatic carbocycles. The van der Waals surface area contributed by atoms with Crippen LogP contribution in [0.5, 0.6) is 0 Å². The van der Waals surface area contributed by atoms with E-state index in [1.54, 1.807) is 0 Å². The van der Waals surface area contributed by atoms with Crippen molar-refractivity contribution in [1.29, 1.82) is 0 Å². The first-order chi connectivity index (χ1) is 12.1. The van der Waals surface area contributed by atoms with Gasteiger partial charge in [-0.3, -0.25) is 24.0 Å². The molecule has 0 aromatic heterocycles. The number of hydrogen-bond acceptors (Lipinski definition) is 6. The van der Waals surface area contributed by atoms with Crippen LogP contribution in [0.15, 0.2) is 0 Å². The van der Waals surface area contributed by atoms with E-state index in [2.05, 4.69) is 4.74 Å². The lowest BCUT2D eigenvalue weighted by atomic mass is 9.74. The Bertz CT molecular complexity index is 541. The van der Waals surface area contributed by atoms with Gasteiger partial charge in [-0.15, -0.1) is 0 Å². The number of unbranched alkanes of at least 4 members (excludes halogenated alkanes) is 1. The van der Waals surface area contributed by atoms with Gasteiger partial charge in [0.15, 0.2) is 5.41 Å². The normalized spacial score (nSPS) is 14.0. The zero-order valence-electron chi connectivity index (χ0n) is 14.5. The molecule has 10 heteroatoms. The van der Waals surface area contributed by atoms with E-state index in [0.717, 1.165) is 7.11 Å². The lowest BCUT2D eigenvalue weighted by molar-refractivity contribution is -0.170. The summed E-state index contributed by atoms with van der Waals surface area (Å²) < 4.78 is 4.53. The highest BCUT2D eigenvalue weighted by Gasteiger charge is 2.49. The molecule has 148 valence electrons. The first-order valence-electron chi connectivity index (χ1n) is 8.05. The molecule has 0 bridgehead atoms. The Morgan fingerprint density at radius 3 is 1.85 bits per heavy atom. The van der Waals surface area contributed by atoms with Crippen molar-refractivity contribution in [2.75, 3.05) is 7.11 Å². The molecule has 0 aromatic rings. The van der Waals surface area contributed by atoms with Gasteiger partial charge in [0.1, 0.15) is 0 Å². The fraction of sp³-hybridized carbons (Fsp3) is 0.688. The van der Waals surface area contributed by atoms with Crippen molar-refractivity contribution in [3.63, 3.8) is 0 Å². The molecule has 0 spiro atoms. The fourth-order valence-corrected chi connectivity index (χ4v) is 2.71.